The predicted octanol–water partition coefficient (Wildman–Crippen LogP) is 4.27. The van der Waals surface area contributed by atoms with Crippen molar-refractivity contribution in [3.63, 3.8) is 0 Å². The number of aromatic nitrogens is 2. The second-order valence-electron chi connectivity index (χ2n) is 9.62. The zero-order valence-corrected chi connectivity index (χ0v) is 21.0. The molecule has 1 fully saturated rings. The molecule has 2 aromatic carbocycles. The van der Waals surface area contributed by atoms with Crippen LogP contribution in [0.4, 0.5) is 5.69 Å². The first-order chi connectivity index (χ1) is 17.4. The van der Waals surface area contributed by atoms with Crippen LogP contribution < -0.4 is 10.1 Å². The van der Waals surface area contributed by atoms with Crippen molar-refractivity contribution in [2.24, 2.45) is 5.92 Å². The fourth-order valence-electron chi connectivity index (χ4n) is 4.88. The minimum Gasteiger partial charge on any atom is -0.497 e. The first kappa shape index (κ1) is 24.1. The van der Waals surface area contributed by atoms with E-state index in [1.807, 2.05) is 54.0 Å². The fourth-order valence-corrected chi connectivity index (χ4v) is 4.88. The van der Waals surface area contributed by atoms with E-state index in [2.05, 4.69) is 17.2 Å². The molecule has 0 bridgehead atoms. The van der Waals surface area contributed by atoms with E-state index >= 15 is 0 Å². The Balaban J connectivity index is 1.18. The van der Waals surface area contributed by atoms with E-state index in [0.29, 0.717) is 44.8 Å². The molecule has 0 saturated carbocycles. The van der Waals surface area contributed by atoms with Gasteiger partial charge in [0, 0.05) is 24.7 Å². The van der Waals surface area contributed by atoms with Gasteiger partial charge in [-0.25, -0.2) is 4.98 Å². The normalized spacial score (nSPS) is 18.0. The van der Waals surface area contributed by atoms with Gasteiger partial charge in [0.25, 0.3) is 5.91 Å². The molecular weight excluding hydrogens is 456 g/mol. The summed E-state index contributed by atoms with van der Waals surface area (Å²) in [6.45, 7) is 6.08. The van der Waals surface area contributed by atoms with Crippen LogP contribution in [0.1, 0.15) is 51.8 Å². The number of carbonyl (C=O) groups excluding carboxylic acids is 2. The molecule has 8 nitrogen and oxygen atoms in total. The van der Waals surface area contributed by atoms with Gasteiger partial charge in [-0.15, -0.1) is 0 Å². The summed E-state index contributed by atoms with van der Waals surface area (Å²) in [6, 6.07) is 13.8. The van der Waals surface area contributed by atoms with Crippen molar-refractivity contribution in [3.05, 3.63) is 76.9 Å². The van der Waals surface area contributed by atoms with Crippen LogP contribution in [0.3, 0.4) is 0 Å². The third kappa shape index (κ3) is 4.86. The van der Waals surface area contributed by atoms with Gasteiger partial charge in [0.05, 0.1) is 32.3 Å². The number of carbonyl (C=O) groups is 2. The van der Waals surface area contributed by atoms with Crippen molar-refractivity contribution in [3.8, 4) is 5.75 Å². The van der Waals surface area contributed by atoms with Gasteiger partial charge < -0.3 is 24.3 Å². The Labute approximate surface area is 211 Å². The number of hydrogen-bond donors (Lipinski definition) is 1. The van der Waals surface area contributed by atoms with Crippen molar-refractivity contribution in [2.75, 3.05) is 25.5 Å². The number of anilines is 1. The number of imidazole rings is 1. The van der Waals surface area contributed by atoms with Gasteiger partial charge in [0.15, 0.2) is 5.69 Å². The van der Waals surface area contributed by atoms with Crippen LogP contribution in [0.15, 0.2) is 48.8 Å². The number of hydrogen-bond acceptors (Lipinski definition) is 5. The molecule has 1 N–H and O–H groups in total. The van der Waals surface area contributed by atoms with E-state index in [-0.39, 0.29) is 23.8 Å². The van der Waals surface area contributed by atoms with Gasteiger partial charge in [-0.2, -0.15) is 0 Å². The van der Waals surface area contributed by atoms with Gasteiger partial charge in [-0.1, -0.05) is 18.2 Å². The van der Waals surface area contributed by atoms with Crippen molar-refractivity contribution in [2.45, 2.75) is 45.9 Å². The monoisotopic (exact) mass is 488 g/mol. The number of amides is 2. The van der Waals surface area contributed by atoms with Crippen LogP contribution in [0.25, 0.3) is 0 Å². The van der Waals surface area contributed by atoms with E-state index < -0.39 is 0 Å². The number of methoxy groups -OCH3 is 1. The molecule has 5 rings (SSSR count). The largest absolute Gasteiger partial charge is 0.497 e. The van der Waals surface area contributed by atoms with Crippen LogP contribution in [0, 0.1) is 19.8 Å². The summed E-state index contributed by atoms with van der Waals surface area (Å²) in [6.07, 6.45) is 2.89. The van der Waals surface area contributed by atoms with Crippen LogP contribution in [0.2, 0.25) is 0 Å². The van der Waals surface area contributed by atoms with E-state index in [1.165, 1.54) is 5.56 Å². The average Bonchev–Trinajstić information content (AvgIpc) is 3.34. The SMILES string of the molecule is COc1ccc([C@@H]2Cn3cnc(C(=O)N4CCC(C(=O)Nc5ccc(C)c(C)c5)CC4)c3CO2)cc1. The zero-order chi connectivity index (χ0) is 25.2. The molecule has 1 saturated heterocycles. The number of nitrogens with one attached hydrogen (secondary N) is 1. The molecule has 2 aliphatic heterocycles. The molecule has 2 amide bonds. The molecule has 0 spiro atoms. The Morgan fingerprint density at radius 2 is 1.81 bits per heavy atom. The molecule has 0 aliphatic carbocycles. The molecule has 36 heavy (non-hydrogen) atoms. The number of benzene rings is 2. The summed E-state index contributed by atoms with van der Waals surface area (Å²) >= 11 is 0. The van der Waals surface area contributed by atoms with E-state index in [9.17, 15) is 9.59 Å². The number of aryl methyl sites for hydroxylation is 2. The van der Waals surface area contributed by atoms with E-state index in [4.69, 9.17) is 9.47 Å². The molecule has 2 aliphatic rings. The maximum atomic E-state index is 13.3. The minimum absolute atomic E-state index is 0.0164. The molecule has 188 valence electrons. The lowest BCUT2D eigenvalue weighted by Gasteiger charge is -2.31. The fraction of sp³-hybridized carbons (Fsp3) is 0.393. The van der Waals surface area contributed by atoms with Crippen LogP contribution in [-0.4, -0.2) is 46.5 Å². The Morgan fingerprint density at radius 1 is 1.06 bits per heavy atom. The molecule has 0 unspecified atom stereocenters. The van der Waals surface area contributed by atoms with Gasteiger partial charge in [0.2, 0.25) is 5.91 Å². The maximum Gasteiger partial charge on any atom is 0.274 e. The summed E-state index contributed by atoms with van der Waals surface area (Å²) < 4.78 is 13.3. The summed E-state index contributed by atoms with van der Waals surface area (Å²) in [7, 11) is 1.64. The summed E-state index contributed by atoms with van der Waals surface area (Å²) in [5.41, 5.74) is 5.47. The number of rotatable bonds is 5. The predicted molar refractivity (Wildman–Crippen MR) is 136 cm³/mol. The lowest BCUT2D eigenvalue weighted by molar-refractivity contribution is -0.121. The number of piperidine rings is 1. The van der Waals surface area contributed by atoms with Crippen molar-refractivity contribution >= 4 is 17.5 Å². The van der Waals surface area contributed by atoms with Gasteiger partial charge >= 0.3 is 0 Å². The Hall–Kier alpha value is -3.65. The average molecular weight is 489 g/mol. The lowest BCUT2D eigenvalue weighted by Crippen LogP contribution is -2.42. The Morgan fingerprint density at radius 3 is 2.50 bits per heavy atom. The topological polar surface area (TPSA) is 85.7 Å². The summed E-state index contributed by atoms with van der Waals surface area (Å²) in [5, 5.41) is 3.03. The third-order valence-corrected chi connectivity index (χ3v) is 7.35. The number of ether oxygens (including phenoxy) is 2. The Kier molecular flexibility index (Phi) is 6.78. The molecule has 1 atom stereocenters. The van der Waals surface area contributed by atoms with Gasteiger partial charge in [0.1, 0.15) is 11.9 Å². The molecule has 1 aromatic heterocycles. The van der Waals surface area contributed by atoms with Gasteiger partial charge in [-0.3, -0.25) is 9.59 Å². The lowest BCUT2D eigenvalue weighted by atomic mass is 9.95. The van der Waals surface area contributed by atoms with Crippen molar-refractivity contribution in [1.29, 1.82) is 0 Å². The first-order valence-electron chi connectivity index (χ1n) is 12.4. The smallest absolute Gasteiger partial charge is 0.274 e. The second-order valence-corrected chi connectivity index (χ2v) is 9.62. The summed E-state index contributed by atoms with van der Waals surface area (Å²) in [4.78, 5) is 32.3. The number of likely N-dealkylation sites (tertiary alicyclic amines) is 1. The van der Waals surface area contributed by atoms with Gasteiger partial charge in [-0.05, 0) is 67.6 Å². The van der Waals surface area contributed by atoms with E-state index in [1.54, 1.807) is 18.3 Å². The number of nitrogens with zero attached hydrogens (tertiary/aromatic N) is 3. The first-order valence-corrected chi connectivity index (χ1v) is 12.4. The zero-order valence-electron chi connectivity index (χ0n) is 21.0. The molecule has 3 aromatic rings. The quantitative estimate of drug-likeness (QED) is 0.580. The number of fused-ring (bicyclic) bond motifs is 1. The van der Waals surface area contributed by atoms with Crippen molar-refractivity contribution < 1.29 is 19.1 Å². The highest BCUT2D eigenvalue weighted by molar-refractivity contribution is 5.95. The molecular formula is C28H32N4O4. The van der Waals surface area contributed by atoms with Crippen molar-refractivity contribution in [1.82, 2.24) is 14.5 Å². The summed E-state index contributed by atoms with van der Waals surface area (Å²) in [5.74, 6) is 0.614. The highest BCUT2D eigenvalue weighted by Crippen LogP contribution is 2.30. The molecule has 3 heterocycles. The second kappa shape index (κ2) is 10.1. The molecule has 8 heteroatoms. The van der Waals surface area contributed by atoms with Crippen LogP contribution in [0.5, 0.6) is 5.75 Å². The van der Waals surface area contributed by atoms with Crippen LogP contribution in [-0.2, 0) is 22.7 Å². The standard InChI is InChI=1S/C28H32N4O4/c1-18-4-7-22(14-19(18)2)30-27(33)21-10-12-31(13-11-21)28(34)26-24-16-36-25(15-32(24)17-29-26)20-5-8-23(35-3)9-6-20/h4-9,14,17,21,25H,10-13,15-16H2,1-3H3,(H,30,33)/t25-/m0/s1. The highest BCUT2D eigenvalue weighted by atomic mass is 16.5. The minimum atomic E-state index is -0.111. The van der Waals surface area contributed by atoms with E-state index in [0.717, 1.165) is 28.3 Å². The van der Waals surface area contributed by atoms with Crippen LogP contribution >= 0.6 is 0 Å². The Bertz CT molecular complexity index is 1260. The maximum absolute atomic E-state index is 13.3. The third-order valence-electron chi connectivity index (χ3n) is 7.35. The molecule has 0 radical (unpaired) electrons. The highest BCUT2D eigenvalue weighted by Gasteiger charge is 2.32.